The number of carbonyl (C=O) groups is 2. The van der Waals surface area contributed by atoms with Gasteiger partial charge in [-0.15, -0.1) is 0 Å². The molecule has 2 N–H and O–H groups in total. The number of aromatic nitrogens is 1. The highest BCUT2D eigenvalue weighted by molar-refractivity contribution is 5.79. The van der Waals surface area contributed by atoms with Crippen molar-refractivity contribution in [2.75, 3.05) is 6.54 Å². The first-order valence-electron chi connectivity index (χ1n) is 8.61. The third kappa shape index (κ3) is 7.54. The van der Waals surface area contributed by atoms with Crippen LogP contribution in [0.2, 0.25) is 0 Å². The van der Waals surface area contributed by atoms with Crippen LogP contribution in [0.1, 0.15) is 52.8 Å². The number of amides is 2. The Hall–Kier alpha value is -2.11. The zero-order chi connectivity index (χ0) is 19.3. The monoisotopic (exact) mass is 349 g/mol. The second-order valence-electron chi connectivity index (χ2n) is 7.96. The molecule has 0 aromatic carbocycles. The Balaban J connectivity index is 2.66. The number of ether oxygens (including phenoxy) is 1. The molecular weight excluding hydrogens is 318 g/mol. The summed E-state index contributed by atoms with van der Waals surface area (Å²) in [6.45, 7) is 13.6. The van der Waals surface area contributed by atoms with Crippen LogP contribution < -0.4 is 10.6 Å². The van der Waals surface area contributed by atoms with Crippen molar-refractivity contribution in [3.63, 3.8) is 0 Å². The van der Waals surface area contributed by atoms with Crippen LogP contribution in [0.15, 0.2) is 18.3 Å². The third-order valence-electron chi connectivity index (χ3n) is 4.04. The van der Waals surface area contributed by atoms with Crippen LogP contribution >= 0.6 is 0 Å². The zero-order valence-corrected chi connectivity index (χ0v) is 16.4. The van der Waals surface area contributed by atoms with Gasteiger partial charge in [0.15, 0.2) is 0 Å². The highest BCUT2D eigenvalue weighted by Crippen LogP contribution is 2.16. The van der Waals surface area contributed by atoms with E-state index in [9.17, 15) is 9.59 Å². The largest absolute Gasteiger partial charge is 0.444 e. The summed E-state index contributed by atoms with van der Waals surface area (Å²) in [7, 11) is 0. The summed E-state index contributed by atoms with van der Waals surface area (Å²) in [4.78, 5) is 28.5. The lowest BCUT2D eigenvalue weighted by atomic mass is 9.88. The van der Waals surface area contributed by atoms with Crippen molar-refractivity contribution in [2.45, 2.75) is 66.0 Å². The summed E-state index contributed by atoms with van der Waals surface area (Å²) in [5.74, 6) is 0.0235. The van der Waals surface area contributed by atoms with Gasteiger partial charge in [-0.3, -0.25) is 9.78 Å². The van der Waals surface area contributed by atoms with E-state index in [-0.39, 0.29) is 24.8 Å². The average Bonchev–Trinajstić information content (AvgIpc) is 2.45. The fourth-order valence-corrected chi connectivity index (χ4v) is 2.11. The maximum absolute atomic E-state index is 12.4. The van der Waals surface area contributed by atoms with E-state index in [4.69, 9.17) is 4.74 Å². The minimum absolute atomic E-state index is 0.104. The normalized spacial score (nSPS) is 13.9. The molecule has 140 valence electrons. The van der Waals surface area contributed by atoms with Gasteiger partial charge in [0.1, 0.15) is 5.60 Å². The van der Waals surface area contributed by atoms with Crippen molar-refractivity contribution in [1.82, 2.24) is 15.6 Å². The highest BCUT2D eigenvalue weighted by Gasteiger charge is 2.31. The molecule has 0 aliphatic rings. The van der Waals surface area contributed by atoms with E-state index in [0.29, 0.717) is 0 Å². The molecule has 2 amide bonds. The van der Waals surface area contributed by atoms with Crippen molar-refractivity contribution in [3.05, 3.63) is 29.6 Å². The van der Waals surface area contributed by atoms with Gasteiger partial charge in [-0.1, -0.05) is 19.9 Å². The Morgan fingerprint density at radius 1 is 1.20 bits per heavy atom. The molecule has 25 heavy (non-hydrogen) atoms. The number of hydrogen-bond acceptors (Lipinski definition) is 4. The summed E-state index contributed by atoms with van der Waals surface area (Å²) in [6.07, 6.45) is 1.47. The van der Waals surface area contributed by atoms with Gasteiger partial charge in [-0.05, 0) is 52.2 Å². The fourth-order valence-electron chi connectivity index (χ4n) is 2.11. The third-order valence-corrected chi connectivity index (χ3v) is 4.04. The predicted octanol–water partition coefficient (Wildman–Crippen LogP) is 2.99. The number of pyridine rings is 1. The van der Waals surface area contributed by atoms with Crippen LogP contribution in [0.5, 0.6) is 0 Å². The van der Waals surface area contributed by atoms with Gasteiger partial charge >= 0.3 is 6.09 Å². The lowest BCUT2D eigenvalue weighted by molar-refractivity contribution is -0.122. The van der Waals surface area contributed by atoms with Crippen molar-refractivity contribution in [1.29, 1.82) is 0 Å². The molecule has 0 radical (unpaired) electrons. The SMILES string of the molecule is Cc1ccc(CC(=O)NC(C)(CNC(=O)OC(C)(C)C)C(C)C)cn1. The minimum atomic E-state index is -0.577. The quantitative estimate of drug-likeness (QED) is 0.827. The fraction of sp³-hybridized carbons (Fsp3) is 0.632. The maximum Gasteiger partial charge on any atom is 0.407 e. The molecule has 6 heteroatoms. The first kappa shape index (κ1) is 20.9. The van der Waals surface area contributed by atoms with Gasteiger partial charge < -0.3 is 15.4 Å². The summed E-state index contributed by atoms with van der Waals surface area (Å²) >= 11 is 0. The lowest BCUT2D eigenvalue weighted by Gasteiger charge is -2.35. The molecule has 0 saturated heterocycles. The van der Waals surface area contributed by atoms with Crippen LogP contribution in [0.4, 0.5) is 4.79 Å². The van der Waals surface area contributed by atoms with Gasteiger partial charge in [-0.25, -0.2) is 4.79 Å². The van der Waals surface area contributed by atoms with E-state index in [0.717, 1.165) is 11.3 Å². The molecule has 0 spiro atoms. The molecule has 0 saturated carbocycles. The summed E-state index contributed by atoms with van der Waals surface area (Å²) < 4.78 is 5.25. The average molecular weight is 349 g/mol. The molecule has 1 unspecified atom stereocenters. The Morgan fingerprint density at radius 2 is 1.84 bits per heavy atom. The molecule has 6 nitrogen and oxygen atoms in total. The standard InChI is InChI=1S/C19H31N3O3/c1-13(2)19(7,12-21-17(24)25-18(4,5)6)22-16(23)10-15-9-8-14(3)20-11-15/h8-9,11,13H,10,12H2,1-7H3,(H,21,24)(H,22,23). The Labute approximate surface area is 150 Å². The molecule has 1 heterocycles. The van der Waals surface area contributed by atoms with E-state index in [1.807, 2.05) is 60.6 Å². The minimum Gasteiger partial charge on any atom is -0.444 e. The van der Waals surface area contributed by atoms with Crippen LogP contribution in [-0.4, -0.2) is 34.7 Å². The van der Waals surface area contributed by atoms with E-state index in [2.05, 4.69) is 15.6 Å². The van der Waals surface area contributed by atoms with Gasteiger partial charge in [0.25, 0.3) is 0 Å². The van der Waals surface area contributed by atoms with Crippen molar-refractivity contribution in [3.8, 4) is 0 Å². The van der Waals surface area contributed by atoms with E-state index in [1.54, 1.807) is 6.20 Å². The smallest absolute Gasteiger partial charge is 0.407 e. The number of alkyl carbamates (subject to hydrolysis) is 1. The van der Waals surface area contributed by atoms with Crippen molar-refractivity contribution >= 4 is 12.0 Å². The van der Waals surface area contributed by atoms with E-state index in [1.165, 1.54) is 0 Å². The van der Waals surface area contributed by atoms with Crippen LogP contribution in [-0.2, 0) is 16.0 Å². The maximum atomic E-state index is 12.4. The number of rotatable bonds is 6. The first-order chi connectivity index (χ1) is 11.4. The highest BCUT2D eigenvalue weighted by atomic mass is 16.6. The van der Waals surface area contributed by atoms with Gasteiger partial charge in [0.05, 0.1) is 12.0 Å². The molecule has 1 rings (SSSR count). The van der Waals surface area contributed by atoms with Crippen molar-refractivity contribution in [2.24, 2.45) is 5.92 Å². The van der Waals surface area contributed by atoms with E-state index < -0.39 is 17.2 Å². The summed E-state index contributed by atoms with van der Waals surface area (Å²) in [5, 5.41) is 5.79. The zero-order valence-electron chi connectivity index (χ0n) is 16.4. The van der Waals surface area contributed by atoms with Crippen molar-refractivity contribution < 1.29 is 14.3 Å². The van der Waals surface area contributed by atoms with Crippen LogP contribution in [0, 0.1) is 12.8 Å². The Kier molecular flexibility index (Phi) is 6.96. The topological polar surface area (TPSA) is 80.3 Å². The van der Waals surface area contributed by atoms with Crippen LogP contribution in [0.25, 0.3) is 0 Å². The second kappa shape index (κ2) is 8.32. The Bertz CT molecular complexity index is 591. The molecular formula is C19H31N3O3. The first-order valence-corrected chi connectivity index (χ1v) is 8.61. The van der Waals surface area contributed by atoms with Gasteiger partial charge in [0.2, 0.25) is 5.91 Å². The molecule has 1 aromatic rings. The number of nitrogens with one attached hydrogen (secondary N) is 2. The number of carbonyl (C=O) groups excluding carboxylic acids is 2. The van der Waals surface area contributed by atoms with Crippen LogP contribution in [0.3, 0.4) is 0 Å². The molecule has 0 bridgehead atoms. The molecule has 1 aromatic heterocycles. The van der Waals surface area contributed by atoms with Gasteiger partial charge in [0, 0.05) is 18.4 Å². The number of hydrogen-bond donors (Lipinski definition) is 2. The number of nitrogens with zero attached hydrogens (tertiary/aromatic N) is 1. The molecule has 1 atom stereocenters. The summed E-state index contributed by atoms with van der Waals surface area (Å²) in [5.41, 5.74) is 0.638. The molecule has 0 aliphatic carbocycles. The van der Waals surface area contributed by atoms with E-state index >= 15 is 0 Å². The second-order valence-corrected chi connectivity index (χ2v) is 7.96. The van der Waals surface area contributed by atoms with Gasteiger partial charge in [-0.2, -0.15) is 0 Å². The molecule has 0 aliphatic heterocycles. The lowest BCUT2D eigenvalue weighted by Crippen LogP contribution is -2.57. The number of aryl methyl sites for hydroxylation is 1. The molecule has 0 fully saturated rings. The predicted molar refractivity (Wildman–Crippen MR) is 98.3 cm³/mol. The Morgan fingerprint density at radius 3 is 2.32 bits per heavy atom. The summed E-state index contributed by atoms with van der Waals surface area (Å²) in [6, 6.07) is 3.78.